The van der Waals surface area contributed by atoms with E-state index in [1.807, 2.05) is 0 Å². The zero-order chi connectivity index (χ0) is 10.8. The first-order valence-corrected chi connectivity index (χ1v) is 5.71. The van der Waals surface area contributed by atoms with Gasteiger partial charge in [-0.05, 0) is 38.3 Å². The Morgan fingerprint density at radius 1 is 1.20 bits per heavy atom. The summed E-state index contributed by atoms with van der Waals surface area (Å²) in [5, 5.41) is 1.34. The maximum absolute atomic E-state index is 5.78. The van der Waals surface area contributed by atoms with E-state index in [4.69, 9.17) is 4.42 Å². The highest BCUT2D eigenvalue weighted by molar-refractivity contribution is 5.85. The number of rotatable bonds is 3. The summed E-state index contributed by atoms with van der Waals surface area (Å²) >= 11 is 0. The minimum Gasteiger partial charge on any atom is -0.461 e. The molecule has 0 spiro atoms. The molecule has 1 heterocycles. The van der Waals surface area contributed by atoms with Gasteiger partial charge in [-0.2, -0.15) is 0 Å². The topological polar surface area (TPSA) is 13.1 Å². The van der Waals surface area contributed by atoms with Crippen LogP contribution in [-0.4, -0.2) is 0 Å². The third-order valence-electron chi connectivity index (χ3n) is 3.00. The van der Waals surface area contributed by atoms with Crippen molar-refractivity contribution < 1.29 is 4.42 Å². The van der Waals surface area contributed by atoms with Crippen LogP contribution in [0.15, 0.2) is 22.6 Å². The summed E-state index contributed by atoms with van der Waals surface area (Å²) in [6.07, 6.45) is 3.61. The predicted octanol–water partition coefficient (Wildman–Crippen LogP) is 4.39. The molecule has 1 nitrogen and oxygen atoms in total. The lowest BCUT2D eigenvalue weighted by atomic mass is 10.0. The second-order valence-electron chi connectivity index (χ2n) is 4.19. The molecule has 15 heavy (non-hydrogen) atoms. The Hall–Kier alpha value is -1.24. The van der Waals surface area contributed by atoms with Crippen molar-refractivity contribution in [3.63, 3.8) is 0 Å². The van der Waals surface area contributed by atoms with E-state index in [1.165, 1.54) is 29.4 Å². The van der Waals surface area contributed by atoms with Gasteiger partial charge in [0.2, 0.25) is 0 Å². The largest absolute Gasteiger partial charge is 0.461 e. The third-order valence-corrected chi connectivity index (χ3v) is 3.00. The van der Waals surface area contributed by atoms with Crippen LogP contribution >= 0.6 is 0 Å². The highest BCUT2D eigenvalue weighted by Gasteiger charge is 2.11. The molecule has 0 unspecified atom stereocenters. The summed E-state index contributed by atoms with van der Waals surface area (Å²) < 4.78 is 5.78. The highest BCUT2D eigenvalue weighted by Crippen LogP contribution is 2.29. The second kappa shape index (κ2) is 4.09. The Labute approximate surface area is 91.1 Å². The molecule has 1 heteroatoms. The van der Waals surface area contributed by atoms with Crippen molar-refractivity contribution >= 4 is 11.0 Å². The molecule has 1 aromatic heterocycles. The third kappa shape index (κ3) is 1.79. The molecule has 0 saturated heterocycles. The van der Waals surface area contributed by atoms with Crippen LogP contribution in [0, 0.1) is 13.8 Å². The lowest BCUT2D eigenvalue weighted by Crippen LogP contribution is -1.87. The van der Waals surface area contributed by atoms with Crippen molar-refractivity contribution in [1.29, 1.82) is 0 Å². The number of aryl methyl sites for hydroxylation is 3. The summed E-state index contributed by atoms with van der Waals surface area (Å²) in [7, 11) is 0. The van der Waals surface area contributed by atoms with E-state index in [9.17, 15) is 0 Å². The van der Waals surface area contributed by atoms with Crippen LogP contribution in [-0.2, 0) is 6.42 Å². The normalized spacial score (nSPS) is 11.1. The van der Waals surface area contributed by atoms with E-state index in [2.05, 4.69) is 39.0 Å². The molecule has 0 amide bonds. The van der Waals surface area contributed by atoms with Gasteiger partial charge < -0.3 is 4.42 Å². The SMILES string of the molecule is CCCCc1c(C)oc2cccc(C)c12. The minimum atomic E-state index is 1.04. The Morgan fingerprint density at radius 3 is 2.73 bits per heavy atom. The summed E-state index contributed by atoms with van der Waals surface area (Å²) in [5.74, 6) is 1.09. The zero-order valence-corrected chi connectivity index (χ0v) is 9.76. The average molecular weight is 202 g/mol. The first kappa shape index (κ1) is 10.3. The first-order chi connectivity index (χ1) is 7.24. The van der Waals surface area contributed by atoms with Crippen molar-refractivity contribution in [3.05, 3.63) is 35.1 Å². The summed E-state index contributed by atoms with van der Waals surface area (Å²) in [6, 6.07) is 6.28. The predicted molar refractivity (Wildman–Crippen MR) is 64.3 cm³/mol. The van der Waals surface area contributed by atoms with E-state index in [0.29, 0.717) is 0 Å². The Bertz CT molecular complexity index is 465. The van der Waals surface area contributed by atoms with Gasteiger partial charge in [0, 0.05) is 10.9 Å². The van der Waals surface area contributed by atoms with Crippen LogP contribution in [0.5, 0.6) is 0 Å². The van der Waals surface area contributed by atoms with E-state index in [1.54, 1.807) is 0 Å². The van der Waals surface area contributed by atoms with Gasteiger partial charge in [0.25, 0.3) is 0 Å². The summed E-state index contributed by atoms with van der Waals surface area (Å²) in [5.41, 5.74) is 3.78. The van der Waals surface area contributed by atoms with Crippen molar-refractivity contribution in [2.45, 2.75) is 40.0 Å². The molecule has 2 aromatic rings. The summed E-state index contributed by atoms with van der Waals surface area (Å²) in [6.45, 7) is 6.46. The monoisotopic (exact) mass is 202 g/mol. The smallest absolute Gasteiger partial charge is 0.134 e. The molecule has 1 aromatic carbocycles. The lowest BCUT2D eigenvalue weighted by molar-refractivity contribution is 0.570. The fourth-order valence-corrected chi connectivity index (χ4v) is 2.17. The molecule has 80 valence electrons. The van der Waals surface area contributed by atoms with Gasteiger partial charge in [-0.25, -0.2) is 0 Å². The minimum absolute atomic E-state index is 1.04. The van der Waals surface area contributed by atoms with E-state index < -0.39 is 0 Å². The molecule has 0 N–H and O–H groups in total. The molecule has 0 aliphatic heterocycles. The molecule has 0 atom stereocenters. The van der Waals surface area contributed by atoms with E-state index in [0.717, 1.165) is 17.8 Å². The van der Waals surface area contributed by atoms with Gasteiger partial charge in [-0.1, -0.05) is 25.5 Å². The van der Waals surface area contributed by atoms with Crippen molar-refractivity contribution in [3.8, 4) is 0 Å². The van der Waals surface area contributed by atoms with E-state index >= 15 is 0 Å². The summed E-state index contributed by atoms with van der Waals surface area (Å²) in [4.78, 5) is 0. The van der Waals surface area contributed by atoms with Crippen molar-refractivity contribution in [1.82, 2.24) is 0 Å². The number of hydrogen-bond acceptors (Lipinski definition) is 1. The van der Waals surface area contributed by atoms with Crippen LogP contribution in [0.2, 0.25) is 0 Å². The van der Waals surface area contributed by atoms with Crippen LogP contribution in [0.1, 0.15) is 36.7 Å². The highest BCUT2D eigenvalue weighted by atomic mass is 16.3. The maximum atomic E-state index is 5.78. The maximum Gasteiger partial charge on any atom is 0.134 e. The van der Waals surface area contributed by atoms with Gasteiger partial charge >= 0.3 is 0 Å². The molecule has 0 bridgehead atoms. The van der Waals surface area contributed by atoms with Gasteiger partial charge in [-0.3, -0.25) is 0 Å². The number of benzene rings is 1. The van der Waals surface area contributed by atoms with Gasteiger partial charge in [0.05, 0.1) is 0 Å². The molecule has 0 radical (unpaired) electrons. The molecule has 0 aliphatic carbocycles. The van der Waals surface area contributed by atoms with E-state index in [-0.39, 0.29) is 0 Å². The first-order valence-electron chi connectivity index (χ1n) is 5.71. The second-order valence-corrected chi connectivity index (χ2v) is 4.19. The van der Waals surface area contributed by atoms with Gasteiger partial charge in [0.15, 0.2) is 0 Å². The van der Waals surface area contributed by atoms with Gasteiger partial charge in [-0.15, -0.1) is 0 Å². The zero-order valence-electron chi connectivity index (χ0n) is 9.76. The lowest BCUT2D eigenvalue weighted by Gasteiger charge is -2.00. The molecule has 2 rings (SSSR count). The van der Waals surface area contributed by atoms with Crippen molar-refractivity contribution in [2.24, 2.45) is 0 Å². The van der Waals surface area contributed by atoms with Crippen LogP contribution in [0.3, 0.4) is 0 Å². The molecular formula is C14H18O. The van der Waals surface area contributed by atoms with Crippen LogP contribution < -0.4 is 0 Å². The average Bonchev–Trinajstić information content (AvgIpc) is 2.53. The number of fused-ring (bicyclic) bond motifs is 1. The number of unbranched alkanes of at least 4 members (excludes halogenated alkanes) is 1. The Kier molecular flexibility index (Phi) is 2.81. The Morgan fingerprint density at radius 2 is 2.00 bits per heavy atom. The fraction of sp³-hybridized carbons (Fsp3) is 0.429. The fourth-order valence-electron chi connectivity index (χ4n) is 2.17. The quantitative estimate of drug-likeness (QED) is 0.719. The molecule has 0 aliphatic rings. The van der Waals surface area contributed by atoms with Crippen LogP contribution in [0.4, 0.5) is 0 Å². The van der Waals surface area contributed by atoms with Crippen molar-refractivity contribution in [2.75, 3.05) is 0 Å². The van der Waals surface area contributed by atoms with Crippen LogP contribution in [0.25, 0.3) is 11.0 Å². The molecule has 0 fully saturated rings. The standard InChI is InChI=1S/C14H18O/c1-4-5-8-12-11(3)15-13-9-6-7-10(2)14(12)13/h6-7,9H,4-5,8H2,1-3H3. The Balaban J connectivity index is 2.55. The van der Waals surface area contributed by atoms with Gasteiger partial charge in [0.1, 0.15) is 11.3 Å². The number of hydrogen-bond donors (Lipinski definition) is 0. The number of furan rings is 1. The molecular weight excluding hydrogens is 184 g/mol. The molecule has 0 saturated carbocycles.